The lowest BCUT2D eigenvalue weighted by Gasteiger charge is -2.27. The second-order valence-electron chi connectivity index (χ2n) is 6.57. The quantitative estimate of drug-likeness (QED) is 0.844. The lowest BCUT2D eigenvalue weighted by Crippen LogP contribution is -2.39. The minimum Gasteiger partial charge on any atom is -0.387 e. The highest BCUT2D eigenvalue weighted by molar-refractivity contribution is 5.93. The van der Waals surface area contributed by atoms with E-state index in [4.69, 9.17) is 0 Å². The van der Waals surface area contributed by atoms with Gasteiger partial charge >= 0.3 is 0 Å². The number of aliphatic hydroxyl groups excluding tert-OH is 1. The normalized spacial score (nSPS) is 12.2. The first-order valence-corrected chi connectivity index (χ1v) is 8.20. The molecule has 1 heterocycles. The predicted octanol–water partition coefficient (Wildman–Crippen LogP) is 2.65. The summed E-state index contributed by atoms with van der Waals surface area (Å²) in [6.07, 6.45) is 0.435. The van der Waals surface area contributed by atoms with Gasteiger partial charge in [-0.2, -0.15) is 0 Å². The molecular formula is C19H23FN2O3. The number of nitrogens with zero attached hydrogens (tertiary/aromatic N) is 1. The summed E-state index contributed by atoms with van der Waals surface area (Å²) in [6, 6.07) is 6.86. The van der Waals surface area contributed by atoms with Crippen molar-refractivity contribution in [1.82, 2.24) is 9.88 Å². The number of aryl methyl sites for hydroxylation is 1. The van der Waals surface area contributed by atoms with Crippen molar-refractivity contribution in [3.63, 3.8) is 0 Å². The first kappa shape index (κ1) is 18.9. The molecule has 0 saturated heterocycles. The number of aromatic nitrogens is 1. The number of carbonyl (C=O) groups excluding carboxylic acids is 1. The van der Waals surface area contributed by atoms with Crippen LogP contribution in [0, 0.1) is 18.7 Å². The number of halogens is 1. The molecule has 0 saturated carbocycles. The Balaban J connectivity index is 2.24. The van der Waals surface area contributed by atoms with Crippen molar-refractivity contribution in [2.45, 2.75) is 26.9 Å². The van der Waals surface area contributed by atoms with Crippen molar-refractivity contribution in [3.8, 4) is 0 Å². The van der Waals surface area contributed by atoms with Gasteiger partial charge in [0.25, 0.3) is 5.91 Å². The van der Waals surface area contributed by atoms with Crippen LogP contribution in [-0.2, 0) is 0 Å². The van der Waals surface area contributed by atoms with E-state index in [2.05, 4.69) is 4.98 Å². The Hall–Kier alpha value is -2.47. The lowest BCUT2D eigenvalue weighted by atomic mass is 10.1. The third-order valence-electron chi connectivity index (χ3n) is 3.81. The number of H-pyrrole nitrogens is 1. The Kier molecular flexibility index (Phi) is 6.09. The second-order valence-corrected chi connectivity index (χ2v) is 6.57. The second kappa shape index (κ2) is 8.07. The van der Waals surface area contributed by atoms with E-state index < -0.39 is 17.8 Å². The van der Waals surface area contributed by atoms with Gasteiger partial charge in [0.15, 0.2) is 5.43 Å². The fraction of sp³-hybridized carbons (Fsp3) is 0.368. The van der Waals surface area contributed by atoms with Crippen molar-refractivity contribution in [2.24, 2.45) is 5.92 Å². The molecule has 0 fully saturated rings. The van der Waals surface area contributed by atoms with E-state index in [1.165, 1.54) is 41.4 Å². The number of nitrogens with one attached hydrogen (secondary N) is 1. The summed E-state index contributed by atoms with van der Waals surface area (Å²) in [5.41, 5.74) is 0.868. The topological polar surface area (TPSA) is 73.4 Å². The molecular weight excluding hydrogens is 323 g/mol. The Labute approximate surface area is 146 Å². The van der Waals surface area contributed by atoms with Gasteiger partial charge in [-0.15, -0.1) is 0 Å². The Morgan fingerprint density at radius 3 is 2.44 bits per heavy atom. The summed E-state index contributed by atoms with van der Waals surface area (Å²) >= 11 is 0. The molecule has 1 amide bonds. The molecule has 0 radical (unpaired) electrons. The van der Waals surface area contributed by atoms with Gasteiger partial charge in [-0.3, -0.25) is 9.59 Å². The van der Waals surface area contributed by atoms with E-state index in [9.17, 15) is 19.1 Å². The van der Waals surface area contributed by atoms with Gasteiger partial charge in [0.2, 0.25) is 0 Å². The van der Waals surface area contributed by atoms with Gasteiger partial charge in [0.05, 0.1) is 12.6 Å². The van der Waals surface area contributed by atoms with Crippen LogP contribution in [0.1, 0.15) is 41.6 Å². The number of aliphatic hydroxyl groups is 1. The zero-order valence-corrected chi connectivity index (χ0v) is 14.6. The van der Waals surface area contributed by atoms with E-state index >= 15 is 0 Å². The molecule has 0 aliphatic rings. The SMILES string of the molecule is Cc1cc(=O)c(C(=O)N(CC(C)C)CC(O)c2ccc(F)cc2)c[nH]1. The Morgan fingerprint density at radius 1 is 1.24 bits per heavy atom. The monoisotopic (exact) mass is 346 g/mol. The summed E-state index contributed by atoms with van der Waals surface area (Å²) in [6.45, 7) is 6.05. The summed E-state index contributed by atoms with van der Waals surface area (Å²) < 4.78 is 13.0. The number of carbonyl (C=O) groups is 1. The van der Waals surface area contributed by atoms with E-state index in [1.807, 2.05) is 13.8 Å². The van der Waals surface area contributed by atoms with Crippen molar-refractivity contribution in [3.05, 3.63) is 69.4 Å². The highest BCUT2D eigenvalue weighted by Crippen LogP contribution is 2.17. The highest BCUT2D eigenvalue weighted by Gasteiger charge is 2.23. The molecule has 2 N–H and O–H groups in total. The molecule has 5 nitrogen and oxygen atoms in total. The zero-order chi connectivity index (χ0) is 18.6. The van der Waals surface area contributed by atoms with E-state index in [0.29, 0.717) is 17.8 Å². The summed E-state index contributed by atoms with van der Waals surface area (Å²) in [7, 11) is 0. The number of hydrogen-bond donors (Lipinski definition) is 2. The van der Waals surface area contributed by atoms with E-state index in [-0.39, 0.29) is 23.5 Å². The maximum Gasteiger partial charge on any atom is 0.259 e. The van der Waals surface area contributed by atoms with Crippen LogP contribution in [-0.4, -0.2) is 34.0 Å². The number of rotatable bonds is 6. The third-order valence-corrected chi connectivity index (χ3v) is 3.81. The first-order valence-electron chi connectivity index (χ1n) is 8.20. The fourth-order valence-electron chi connectivity index (χ4n) is 2.59. The standard InChI is InChI=1S/C19H23FN2O3/c1-12(2)10-22(11-18(24)14-4-6-15(20)7-5-14)19(25)16-9-21-13(3)8-17(16)23/h4-9,12,18,24H,10-11H2,1-3H3,(H,21,23). The molecule has 2 rings (SSSR count). The minimum atomic E-state index is -0.965. The Morgan fingerprint density at radius 2 is 1.88 bits per heavy atom. The molecule has 2 aromatic rings. The summed E-state index contributed by atoms with van der Waals surface area (Å²) in [4.78, 5) is 29.2. The maximum atomic E-state index is 13.0. The number of amides is 1. The number of hydrogen-bond acceptors (Lipinski definition) is 3. The van der Waals surface area contributed by atoms with E-state index in [0.717, 1.165) is 0 Å². The molecule has 0 aliphatic carbocycles. The van der Waals surface area contributed by atoms with Gasteiger partial charge in [0, 0.05) is 24.5 Å². The first-order chi connectivity index (χ1) is 11.8. The van der Waals surface area contributed by atoms with E-state index in [1.54, 1.807) is 6.92 Å². The molecule has 134 valence electrons. The van der Waals surface area contributed by atoms with Crippen LogP contribution in [0.15, 0.2) is 41.3 Å². The van der Waals surface area contributed by atoms with Crippen LogP contribution in [0.2, 0.25) is 0 Å². The van der Waals surface area contributed by atoms with Crippen LogP contribution in [0.25, 0.3) is 0 Å². The molecule has 1 aromatic heterocycles. The lowest BCUT2D eigenvalue weighted by molar-refractivity contribution is 0.0593. The van der Waals surface area contributed by atoms with Crippen LogP contribution in [0.3, 0.4) is 0 Å². The molecule has 25 heavy (non-hydrogen) atoms. The predicted molar refractivity (Wildman–Crippen MR) is 93.9 cm³/mol. The molecule has 0 aliphatic heterocycles. The molecule has 0 bridgehead atoms. The maximum absolute atomic E-state index is 13.0. The molecule has 1 atom stereocenters. The van der Waals surface area contributed by atoms with Gasteiger partial charge in [-0.05, 0) is 30.5 Å². The highest BCUT2D eigenvalue weighted by atomic mass is 19.1. The average molecular weight is 346 g/mol. The Bertz CT molecular complexity index is 784. The largest absolute Gasteiger partial charge is 0.387 e. The molecule has 1 aromatic carbocycles. The van der Waals surface area contributed by atoms with Crippen LogP contribution >= 0.6 is 0 Å². The van der Waals surface area contributed by atoms with Gasteiger partial charge in [-0.1, -0.05) is 26.0 Å². The van der Waals surface area contributed by atoms with Gasteiger partial charge in [-0.25, -0.2) is 4.39 Å². The molecule has 6 heteroatoms. The third kappa shape index (κ3) is 5.00. The number of pyridine rings is 1. The molecule has 1 unspecified atom stereocenters. The van der Waals surface area contributed by atoms with Crippen molar-refractivity contribution in [1.29, 1.82) is 0 Å². The van der Waals surface area contributed by atoms with Crippen LogP contribution < -0.4 is 5.43 Å². The number of aromatic amines is 1. The van der Waals surface area contributed by atoms with Crippen molar-refractivity contribution >= 4 is 5.91 Å². The van der Waals surface area contributed by atoms with Gasteiger partial charge < -0.3 is 15.0 Å². The average Bonchev–Trinajstić information content (AvgIpc) is 2.53. The summed E-state index contributed by atoms with van der Waals surface area (Å²) in [5, 5.41) is 10.4. The van der Waals surface area contributed by atoms with Crippen LogP contribution in [0.4, 0.5) is 4.39 Å². The minimum absolute atomic E-state index is 0.0238. The molecule has 0 spiro atoms. The number of benzene rings is 1. The van der Waals surface area contributed by atoms with Crippen molar-refractivity contribution in [2.75, 3.05) is 13.1 Å². The fourth-order valence-corrected chi connectivity index (χ4v) is 2.59. The zero-order valence-electron chi connectivity index (χ0n) is 14.6. The van der Waals surface area contributed by atoms with Crippen molar-refractivity contribution < 1.29 is 14.3 Å². The van der Waals surface area contributed by atoms with Gasteiger partial charge in [0.1, 0.15) is 11.4 Å². The van der Waals surface area contributed by atoms with Crippen LogP contribution in [0.5, 0.6) is 0 Å². The smallest absolute Gasteiger partial charge is 0.259 e. The summed E-state index contributed by atoms with van der Waals surface area (Å²) in [5.74, 6) is -0.665.